The van der Waals surface area contributed by atoms with Crippen LogP contribution in [0.15, 0.2) is 52.0 Å². The fraction of sp³-hybridized carbons (Fsp3) is 0.176. The van der Waals surface area contributed by atoms with Crippen LogP contribution in [-0.2, 0) is 0 Å². The van der Waals surface area contributed by atoms with Crippen molar-refractivity contribution >= 4 is 27.5 Å². The third-order valence-corrected chi connectivity index (χ3v) is 3.76. The molecule has 0 saturated carbocycles. The van der Waals surface area contributed by atoms with E-state index in [0.29, 0.717) is 22.8 Å². The molecule has 0 heterocycles. The fourth-order valence-corrected chi connectivity index (χ4v) is 2.19. The van der Waals surface area contributed by atoms with Gasteiger partial charge < -0.3 is 9.47 Å². The Kier molecular flexibility index (Phi) is 5.76. The Morgan fingerprint density at radius 1 is 1.00 bits per heavy atom. The Balaban J connectivity index is 2.13. The molecule has 0 radical (unpaired) electrons. The summed E-state index contributed by atoms with van der Waals surface area (Å²) in [7, 11) is 3.15. The maximum Gasteiger partial charge on any atom is 0.271 e. The standard InChI is InChI=1S/C17H17BrN2O3/c1-11(13-6-9-15(22-2)16(10-13)23-3)19-20-17(21)12-4-7-14(18)8-5-12/h4-10H,1-3H3,(H,20,21). The summed E-state index contributed by atoms with van der Waals surface area (Å²) in [6, 6.07) is 12.5. The monoisotopic (exact) mass is 376 g/mol. The molecule has 1 N–H and O–H groups in total. The number of hydrogen-bond acceptors (Lipinski definition) is 4. The average molecular weight is 377 g/mol. The zero-order chi connectivity index (χ0) is 16.8. The van der Waals surface area contributed by atoms with E-state index in [1.54, 1.807) is 44.6 Å². The van der Waals surface area contributed by atoms with Gasteiger partial charge in [0.1, 0.15) is 0 Å². The summed E-state index contributed by atoms with van der Waals surface area (Å²) in [5.74, 6) is 0.985. The number of carbonyl (C=O) groups is 1. The van der Waals surface area contributed by atoms with Crippen molar-refractivity contribution in [1.29, 1.82) is 0 Å². The Labute approximate surface area is 143 Å². The van der Waals surface area contributed by atoms with Crippen molar-refractivity contribution in [3.8, 4) is 11.5 Å². The number of nitrogens with one attached hydrogen (secondary N) is 1. The van der Waals surface area contributed by atoms with Gasteiger partial charge in [-0.2, -0.15) is 5.10 Å². The normalized spacial score (nSPS) is 11.0. The third kappa shape index (κ3) is 4.32. The number of hydrazone groups is 1. The summed E-state index contributed by atoms with van der Waals surface area (Å²) in [6.07, 6.45) is 0. The molecule has 0 aliphatic carbocycles. The summed E-state index contributed by atoms with van der Waals surface area (Å²) in [6.45, 7) is 1.81. The van der Waals surface area contributed by atoms with Crippen LogP contribution in [0.5, 0.6) is 11.5 Å². The molecule has 5 nitrogen and oxygen atoms in total. The minimum Gasteiger partial charge on any atom is -0.493 e. The van der Waals surface area contributed by atoms with Crippen LogP contribution in [-0.4, -0.2) is 25.8 Å². The van der Waals surface area contributed by atoms with E-state index in [1.807, 2.05) is 19.1 Å². The third-order valence-electron chi connectivity index (χ3n) is 3.23. The maximum absolute atomic E-state index is 12.0. The molecular weight excluding hydrogens is 360 g/mol. The van der Waals surface area contributed by atoms with Gasteiger partial charge >= 0.3 is 0 Å². The SMILES string of the molecule is COc1ccc(C(C)=NNC(=O)c2ccc(Br)cc2)cc1OC. The summed E-state index contributed by atoms with van der Waals surface area (Å²) >= 11 is 3.33. The highest BCUT2D eigenvalue weighted by molar-refractivity contribution is 9.10. The van der Waals surface area contributed by atoms with Crippen LogP contribution in [0.1, 0.15) is 22.8 Å². The number of methoxy groups -OCH3 is 2. The molecule has 120 valence electrons. The lowest BCUT2D eigenvalue weighted by Gasteiger charge is -2.09. The molecule has 23 heavy (non-hydrogen) atoms. The van der Waals surface area contributed by atoms with Gasteiger partial charge in [0.05, 0.1) is 19.9 Å². The van der Waals surface area contributed by atoms with Gasteiger partial charge in [-0.1, -0.05) is 15.9 Å². The van der Waals surface area contributed by atoms with Crippen LogP contribution in [0.3, 0.4) is 0 Å². The van der Waals surface area contributed by atoms with Crippen molar-refractivity contribution in [2.24, 2.45) is 5.10 Å². The highest BCUT2D eigenvalue weighted by atomic mass is 79.9. The van der Waals surface area contributed by atoms with E-state index >= 15 is 0 Å². The quantitative estimate of drug-likeness (QED) is 0.640. The molecule has 0 aliphatic heterocycles. The van der Waals surface area contributed by atoms with Gasteiger partial charge in [0.2, 0.25) is 0 Å². The van der Waals surface area contributed by atoms with Crippen LogP contribution in [0.2, 0.25) is 0 Å². The van der Waals surface area contributed by atoms with Gasteiger partial charge in [0, 0.05) is 15.6 Å². The van der Waals surface area contributed by atoms with E-state index in [2.05, 4.69) is 26.5 Å². The summed E-state index contributed by atoms with van der Waals surface area (Å²) in [5.41, 5.74) is 4.58. The van der Waals surface area contributed by atoms with Crippen LogP contribution < -0.4 is 14.9 Å². The number of ether oxygens (including phenoxy) is 2. The second-order valence-electron chi connectivity index (χ2n) is 4.71. The summed E-state index contributed by atoms with van der Waals surface area (Å²) < 4.78 is 11.4. The lowest BCUT2D eigenvalue weighted by molar-refractivity contribution is 0.0955. The average Bonchev–Trinajstić information content (AvgIpc) is 2.59. The lowest BCUT2D eigenvalue weighted by atomic mass is 10.1. The van der Waals surface area contributed by atoms with Gasteiger partial charge in [-0.25, -0.2) is 5.43 Å². The number of amides is 1. The van der Waals surface area contributed by atoms with E-state index in [-0.39, 0.29) is 5.91 Å². The highest BCUT2D eigenvalue weighted by Crippen LogP contribution is 2.27. The van der Waals surface area contributed by atoms with E-state index in [0.717, 1.165) is 10.0 Å². The van der Waals surface area contributed by atoms with Crippen molar-refractivity contribution in [2.45, 2.75) is 6.92 Å². The van der Waals surface area contributed by atoms with Gasteiger partial charge in [-0.05, 0) is 49.4 Å². The molecule has 2 aromatic rings. The highest BCUT2D eigenvalue weighted by Gasteiger charge is 2.08. The zero-order valence-corrected chi connectivity index (χ0v) is 14.7. The molecule has 0 aromatic heterocycles. The number of carbonyl (C=O) groups excluding carboxylic acids is 1. The molecule has 0 bridgehead atoms. The first-order valence-electron chi connectivity index (χ1n) is 6.87. The molecule has 2 rings (SSSR count). The summed E-state index contributed by atoms with van der Waals surface area (Å²) in [4.78, 5) is 12.0. The Morgan fingerprint density at radius 2 is 1.61 bits per heavy atom. The molecule has 0 saturated heterocycles. The number of hydrogen-bond donors (Lipinski definition) is 1. The molecule has 0 aliphatic rings. The minimum atomic E-state index is -0.266. The van der Waals surface area contributed by atoms with Crippen molar-refractivity contribution in [3.63, 3.8) is 0 Å². The first-order chi connectivity index (χ1) is 11.0. The second kappa shape index (κ2) is 7.78. The molecule has 1 amide bonds. The van der Waals surface area contributed by atoms with E-state index in [1.165, 1.54) is 0 Å². The van der Waals surface area contributed by atoms with Crippen LogP contribution in [0.4, 0.5) is 0 Å². The number of halogens is 1. The van der Waals surface area contributed by atoms with Crippen LogP contribution in [0.25, 0.3) is 0 Å². The number of nitrogens with zero attached hydrogens (tertiary/aromatic N) is 1. The van der Waals surface area contributed by atoms with E-state index in [4.69, 9.17) is 9.47 Å². The predicted octanol–water partition coefficient (Wildman–Crippen LogP) is 3.62. The van der Waals surface area contributed by atoms with Crippen molar-refractivity contribution in [2.75, 3.05) is 14.2 Å². The number of rotatable bonds is 5. The smallest absolute Gasteiger partial charge is 0.271 e. The molecule has 0 unspecified atom stereocenters. The molecule has 0 spiro atoms. The van der Waals surface area contributed by atoms with Gasteiger partial charge in [-0.15, -0.1) is 0 Å². The topological polar surface area (TPSA) is 59.9 Å². The zero-order valence-electron chi connectivity index (χ0n) is 13.1. The molecule has 6 heteroatoms. The lowest BCUT2D eigenvalue weighted by Crippen LogP contribution is -2.19. The maximum atomic E-state index is 12.0. The molecular formula is C17H17BrN2O3. The molecule has 2 aromatic carbocycles. The van der Waals surface area contributed by atoms with E-state index < -0.39 is 0 Å². The van der Waals surface area contributed by atoms with Gasteiger partial charge in [0.25, 0.3) is 5.91 Å². The van der Waals surface area contributed by atoms with Crippen LogP contribution in [0, 0.1) is 0 Å². The minimum absolute atomic E-state index is 0.266. The molecule has 0 fully saturated rings. The predicted molar refractivity (Wildman–Crippen MR) is 93.4 cm³/mol. The first-order valence-corrected chi connectivity index (χ1v) is 7.67. The largest absolute Gasteiger partial charge is 0.493 e. The fourth-order valence-electron chi connectivity index (χ4n) is 1.93. The Morgan fingerprint density at radius 3 is 2.22 bits per heavy atom. The second-order valence-corrected chi connectivity index (χ2v) is 5.63. The Hall–Kier alpha value is -2.34. The van der Waals surface area contributed by atoms with Crippen molar-refractivity contribution < 1.29 is 14.3 Å². The first kappa shape index (κ1) is 17.0. The summed E-state index contributed by atoms with van der Waals surface area (Å²) in [5, 5.41) is 4.13. The van der Waals surface area contributed by atoms with Crippen LogP contribution >= 0.6 is 15.9 Å². The Bertz CT molecular complexity index is 727. The van der Waals surface area contributed by atoms with Gasteiger partial charge in [0.15, 0.2) is 11.5 Å². The van der Waals surface area contributed by atoms with Crippen molar-refractivity contribution in [1.82, 2.24) is 5.43 Å². The molecule has 0 atom stereocenters. The van der Waals surface area contributed by atoms with Crippen molar-refractivity contribution in [3.05, 3.63) is 58.1 Å². The van der Waals surface area contributed by atoms with E-state index in [9.17, 15) is 4.79 Å². The number of benzene rings is 2. The van der Waals surface area contributed by atoms with Gasteiger partial charge in [-0.3, -0.25) is 4.79 Å².